The summed E-state index contributed by atoms with van der Waals surface area (Å²) in [6, 6.07) is 9.49. The normalized spacial score (nSPS) is 20.1. The number of nitrogens with zero attached hydrogens (tertiary/aromatic N) is 4. The summed E-state index contributed by atoms with van der Waals surface area (Å²) in [5.41, 5.74) is 11.2. The minimum absolute atomic E-state index is 0.0667. The Morgan fingerprint density at radius 2 is 1.31 bits per heavy atom. The van der Waals surface area contributed by atoms with Gasteiger partial charge in [0.25, 0.3) is 0 Å². The molecule has 5 rings (SSSR count). The third-order valence-electron chi connectivity index (χ3n) is 7.91. The standard InChI is InChI=1S/C32H40N4/c1-19-11-23-17-33-35(27(23)13-21(19)3)29-15-26(32(8,9)10)30(16-25(29)31(5,6)7)36-28-14-22(4)20(2)12-24(28)18-34-36/h11-18,23,27H,1-10H3. The number of rotatable bonds is 2. The predicted octanol–water partition coefficient (Wildman–Crippen LogP) is 7.93. The lowest BCUT2D eigenvalue weighted by Gasteiger charge is -2.35. The fourth-order valence-electron chi connectivity index (χ4n) is 5.46. The van der Waals surface area contributed by atoms with Crippen molar-refractivity contribution in [2.24, 2.45) is 11.0 Å². The van der Waals surface area contributed by atoms with Gasteiger partial charge in [-0.25, -0.2) is 4.68 Å². The fraction of sp³-hybridized carbons (Fsp3) is 0.438. The van der Waals surface area contributed by atoms with E-state index in [1.54, 1.807) is 0 Å². The molecule has 0 amide bonds. The maximum atomic E-state index is 4.98. The number of fused-ring (bicyclic) bond motifs is 2. The monoisotopic (exact) mass is 480 g/mol. The molecule has 36 heavy (non-hydrogen) atoms. The minimum Gasteiger partial charge on any atom is -0.258 e. The Hall–Kier alpha value is -3.14. The molecule has 2 unspecified atom stereocenters. The van der Waals surface area contributed by atoms with Crippen molar-refractivity contribution in [1.29, 1.82) is 0 Å². The van der Waals surface area contributed by atoms with E-state index in [0.717, 1.165) is 11.2 Å². The van der Waals surface area contributed by atoms with Crippen LogP contribution in [0.2, 0.25) is 0 Å². The molecule has 4 nitrogen and oxygen atoms in total. The van der Waals surface area contributed by atoms with E-state index in [4.69, 9.17) is 10.2 Å². The van der Waals surface area contributed by atoms with Gasteiger partial charge >= 0.3 is 0 Å². The number of benzene rings is 2. The zero-order valence-corrected chi connectivity index (χ0v) is 23.6. The Morgan fingerprint density at radius 3 is 1.97 bits per heavy atom. The van der Waals surface area contributed by atoms with Crippen molar-refractivity contribution in [3.05, 3.63) is 76.0 Å². The summed E-state index contributed by atoms with van der Waals surface area (Å²) in [7, 11) is 0. The fourth-order valence-corrected chi connectivity index (χ4v) is 5.46. The molecule has 2 aromatic carbocycles. The van der Waals surface area contributed by atoms with Crippen LogP contribution in [0.25, 0.3) is 16.6 Å². The number of anilines is 1. The molecule has 0 bridgehead atoms. The van der Waals surface area contributed by atoms with Crippen LogP contribution in [0, 0.1) is 19.8 Å². The third-order valence-corrected chi connectivity index (χ3v) is 7.91. The first kappa shape index (κ1) is 24.5. The van der Waals surface area contributed by atoms with Gasteiger partial charge in [0.1, 0.15) is 0 Å². The summed E-state index contributed by atoms with van der Waals surface area (Å²) in [5.74, 6) is 0.306. The van der Waals surface area contributed by atoms with E-state index in [-0.39, 0.29) is 16.9 Å². The smallest absolute Gasteiger partial charge is 0.0825 e. The molecule has 2 atom stereocenters. The highest BCUT2D eigenvalue weighted by molar-refractivity contribution is 5.83. The minimum atomic E-state index is -0.0732. The summed E-state index contributed by atoms with van der Waals surface area (Å²) in [4.78, 5) is 0. The lowest BCUT2D eigenvalue weighted by atomic mass is 9.79. The molecular formula is C32H40N4. The van der Waals surface area contributed by atoms with Crippen molar-refractivity contribution in [1.82, 2.24) is 9.78 Å². The molecule has 0 spiro atoms. The van der Waals surface area contributed by atoms with Gasteiger partial charge in [-0.05, 0) is 85.0 Å². The average Bonchev–Trinajstić information content (AvgIpc) is 3.36. The van der Waals surface area contributed by atoms with Crippen molar-refractivity contribution < 1.29 is 0 Å². The van der Waals surface area contributed by atoms with Crippen molar-refractivity contribution >= 4 is 22.8 Å². The van der Waals surface area contributed by atoms with Gasteiger partial charge in [-0.3, -0.25) is 5.01 Å². The van der Waals surface area contributed by atoms with E-state index >= 15 is 0 Å². The number of aryl methyl sites for hydroxylation is 2. The molecule has 3 aromatic rings. The molecule has 1 aromatic heterocycles. The Bertz CT molecular complexity index is 1450. The topological polar surface area (TPSA) is 33.4 Å². The molecule has 0 fully saturated rings. The van der Waals surface area contributed by atoms with Crippen LogP contribution in [0.1, 0.15) is 77.6 Å². The number of hydrogen-bond donors (Lipinski definition) is 0. The van der Waals surface area contributed by atoms with E-state index in [1.807, 2.05) is 6.20 Å². The van der Waals surface area contributed by atoms with E-state index < -0.39 is 0 Å². The predicted molar refractivity (Wildman–Crippen MR) is 154 cm³/mol. The summed E-state index contributed by atoms with van der Waals surface area (Å²) < 4.78 is 2.15. The second-order valence-electron chi connectivity index (χ2n) is 12.8. The molecule has 1 aliphatic carbocycles. The zero-order chi connectivity index (χ0) is 26.2. The van der Waals surface area contributed by atoms with E-state index in [0.29, 0.717) is 5.92 Å². The number of hydrogen-bond acceptors (Lipinski definition) is 3. The highest BCUT2D eigenvalue weighted by Crippen LogP contribution is 2.43. The molecular weight excluding hydrogens is 440 g/mol. The maximum absolute atomic E-state index is 4.98. The van der Waals surface area contributed by atoms with Crippen molar-refractivity contribution in [3.8, 4) is 5.69 Å². The molecule has 188 valence electrons. The first-order chi connectivity index (χ1) is 16.8. The van der Waals surface area contributed by atoms with Gasteiger partial charge in [-0.15, -0.1) is 0 Å². The highest BCUT2D eigenvalue weighted by Gasteiger charge is 2.36. The molecule has 0 N–H and O–H groups in total. The molecule has 1 aliphatic heterocycles. The Labute approximate surface area is 216 Å². The summed E-state index contributed by atoms with van der Waals surface area (Å²) in [5, 5.41) is 13.3. The maximum Gasteiger partial charge on any atom is 0.0825 e. The second kappa shape index (κ2) is 8.19. The Kier molecular flexibility index (Phi) is 5.59. The largest absolute Gasteiger partial charge is 0.258 e. The van der Waals surface area contributed by atoms with E-state index in [9.17, 15) is 0 Å². The third kappa shape index (κ3) is 4.01. The van der Waals surface area contributed by atoms with Crippen LogP contribution in [0.4, 0.5) is 5.69 Å². The number of aromatic nitrogens is 2. The van der Waals surface area contributed by atoms with Crippen LogP contribution in [-0.4, -0.2) is 22.0 Å². The van der Waals surface area contributed by atoms with Gasteiger partial charge < -0.3 is 0 Å². The van der Waals surface area contributed by atoms with Crippen molar-refractivity contribution in [2.45, 2.75) is 86.1 Å². The van der Waals surface area contributed by atoms with Gasteiger partial charge in [0, 0.05) is 17.5 Å². The summed E-state index contributed by atoms with van der Waals surface area (Å²) in [6.07, 6.45) is 8.86. The average molecular weight is 481 g/mol. The quantitative estimate of drug-likeness (QED) is 0.373. The molecule has 0 radical (unpaired) electrons. The first-order valence-corrected chi connectivity index (χ1v) is 13.1. The van der Waals surface area contributed by atoms with E-state index in [1.165, 1.54) is 44.5 Å². The van der Waals surface area contributed by atoms with Crippen LogP contribution < -0.4 is 5.01 Å². The lowest BCUT2D eigenvalue weighted by molar-refractivity contribution is 0.566. The van der Waals surface area contributed by atoms with E-state index in [2.05, 4.69) is 122 Å². The SMILES string of the molecule is CC1=CC2C=NN(c3cc(C(C)(C)C)c(-n4ncc5cc(C)c(C)cc54)cc3C(C)(C)C)C2C=C1C. The van der Waals surface area contributed by atoms with Gasteiger partial charge in [0.2, 0.25) is 0 Å². The van der Waals surface area contributed by atoms with Gasteiger partial charge in [0.05, 0.1) is 29.1 Å². The Balaban J connectivity index is 1.76. The van der Waals surface area contributed by atoms with Gasteiger partial charge in [-0.1, -0.05) is 64.8 Å². The van der Waals surface area contributed by atoms with Crippen LogP contribution in [-0.2, 0) is 10.8 Å². The van der Waals surface area contributed by atoms with Crippen LogP contribution in [0.15, 0.2) is 58.9 Å². The molecule has 2 aliphatic rings. The summed E-state index contributed by atoms with van der Waals surface area (Å²) >= 11 is 0. The van der Waals surface area contributed by atoms with Gasteiger partial charge in [0.15, 0.2) is 0 Å². The summed E-state index contributed by atoms with van der Waals surface area (Å²) in [6.45, 7) is 22.5. The van der Waals surface area contributed by atoms with Crippen LogP contribution >= 0.6 is 0 Å². The molecule has 2 heterocycles. The number of allylic oxidation sites excluding steroid dienone is 2. The number of hydrazone groups is 1. The van der Waals surface area contributed by atoms with Crippen LogP contribution in [0.5, 0.6) is 0 Å². The van der Waals surface area contributed by atoms with Crippen molar-refractivity contribution in [2.75, 3.05) is 5.01 Å². The Morgan fingerprint density at radius 1 is 0.722 bits per heavy atom. The molecule has 4 heteroatoms. The lowest BCUT2D eigenvalue weighted by Crippen LogP contribution is -2.34. The zero-order valence-electron chi connectivity index (χ0n) is 23.6. The highest BCUT2D eigenvalue weighted by atomic mass is 15.5. The molecule has 0 saturated heterocycles. The van der Waals surface area contributed by atoms with Crippen molar-refractivity contribution in [3.63, 3.8) is 0 Å². The van der Waals surface area contributed by atoms with Gasteiger partial charge in [-0.2, -0.15) is 10.2 Å². The second-order valence-corrected chi connectivity index (χ2v) is 12.8. The molecule has 0 saturated carbocycles. The first-order valence-electron chi connectivity index (χ1n) is 13.1. The van der Waals surface area contributed by atoms with Crippen LogP contribution in [0.3, 0.4) is 0 Å².